The zero-order valence-corrected chi connectivity index (χ0v) is 7.62. The molecule has 0 saturated carbocycles. The summed E-state index contributed by atoms with van der Waals surface area (Å²) in [6, 6.07) is 9.55. The van der Waals surface area contributed by atoms with Crippen molar-refractivity contribution in [2.75, 3.05) is 11.9 Å². The maximum atomic E-state index is 8.64. The van der Waals surface area contributed by atoms with Crippen LogP contribution in [0.2, 0.25) is 0 Å². The van der Waals surface area contributed by atoms with Gasteiger partial charge in [0.15, 0.2) is 0 Å². The van der Waals surface area contributed by atoms with Crippen LogP contribution in [0.15, 0.2) is 36.4 Å². The second-order valence-corrected chi connectivity index (χ2v) is 2.64. The molecule has 0 amide bonds. The summed E-state index contributed by atoms with van der Waals surface area (Å²) < 4.78 is 0. The van der Waals surface area contributed by atoms with Crippen molar-refractivity contribution in [1.82, 2.24) is 0 Å². The van der Waals surface area contributed by atoms with Crippen molar-refractivity contribution in [3.05, 3.63) is 42.0 Å². The minimum Gasteiger partial charge on any atom is -0.382 e. The van der Waals surface area contributed by atoms with Crippen LogP contribution in [0.4, 0.5) is 5.69 Å². The monoisotopic (exact) mass is 172 g/mol. The van der Waals surface area contributed by atoms with Crippen LogP contribution in [0, 0.1) is 11.3 Å². The largest absolute Gasteiger partial charge is 0.382 e. The van der Waals surface area contributed by atoms with Crippen LogP contribution < -0.4 is 5.32 Å². The molecule has 0 saturated heterocycles. The molecule has 13 heavy (non-hydrogen) atoms. The van der Waals surface area contributed by atoms with E-state index in [9.17, 15) is 0 Å². The van der Waals surface area contributed by atoms with Crippen LogP contribution in [-0.4, -0.2) is 6.54 Å². The van der Waals surface area contributed by atoms with Gasteiger partial charge in [-0.25, -0.2) is 0 Å². The van der Waals surface area contributed by atoms with E-state index in [-0.39, 0.29) is 0 Å². The first-order valence-corrected chi connectivity index (χ1v) is 4.22. The Labute approximate surface area is 78.5 Å². The summed E-state index contributed by atoms with van der Waals surface area (Å²) >= 11 is 0. The number of hydrogen-bond acceptors (Lipinski definition) is 2. The second kappa shape index (κ2) is 5.00. The van der Waals surface area contributed by atoms with Gasteiger partial charge in [0.2, 0.25) is 0 Å². The summed E-state index contributed by atoms with van der Waals surface area (Å²) in [5.41, 5.74) is 1.67. The number of hydrogen-bond donors (Lipinski definition) is 1. The molecule has 1 aromatic carbocycles. The first-order valence-electron chi connectivity index (χ1n) is 4.22. The highest BCUT2D eigenvalue weighted by atomic mass is 14.8. The Morgan fingerprint density at radius 1 is 1.54 bits per heavy atom. The molecule has 0 aliphatic rings. The summed E-state index contributed by atoms with van der Waals surface area (Å²) in [5, 5.41) is 11.8. The van der Waals surface area contributed by atoms with Gasteiger partial charge in [0, 0.05) is 12.2 Å². The van der Waals surface area contributed by atoms with E-state index in [2.05, 4.69) is 11.4 Å². The highest BCUT2D eigenvalue weighted by molar-refractivity contribution is 5.49. The van der Waals surface area contributed by atoms with E-state index < -0.39 is 0 Å². The van der Waals surface area contributed by atoms with Crippen molar-refractivity contribution in [3.8, 4) is 6.07 Å². The molecule has 0 unspecified atom stereocenters. The van der Waals surface area contributed by atoms with Crippen LogP contribution in [0.1, 0.15) is 12.5 Å². The van der Waals surface area contributed by atoms with Gasteiger partial charge in [-0.2, -0.15) is 5.26 Å². The van der Waals surface area contributed by atoms with Crippen LogP contribution in [0.5, 0.6) is 0 Å². The van der Waals surface area contributed by atoms with Crippen LogP contribution >= 0.6 is 0 Å². The molecule has 1 rings (SSSR count). The number of rotatable bonds is 3. The summed E-state index contributed by atoms with van der Waals surface area (Å²) in [7, 11) is 0. The van der Waals surface area contributed by atoms with E-state index >= 15 is 0 Å². The maximum Gasteiger partial charge on any atom is 0.0992 e. The zero-order valence-electron chi connectivity index (χ0n) is 7.62. The Morgan fingerprint density at radius 3 is 3.08 bits per heavy atom. The molecule has 0 spiro atoms. The Kier molecular flexibility index (Phi) is 3.59. The molecule has 0 atom stereocenters. The number of anilines is 1. The van der Waals surface area contributed by atoms with Gasteiger partial charge in [0.05, 0.1) is 11.6 Å². The van der Waals surface area contributed by atoms with Gasteiger partial charge in [0.1, 0.15) is 0 Å². The van der Waals surface area contributed by atoms with Crippen molar-refractivity contribution in [1.29, 1.82) is 5.26 Å². The number of nitriles is 1. The number of nitrogens with zero attached hydrogens (tertiary/aromatic N) is 1. The topological polar surface area (TPSA) is 35.8 Å². The number of nitrogens with one attached hydrogen (secondary N) is 1. The fraction of sp³-hybridized carbons (Fsp3) is 0.182. The van der Waals surface area contributed by atoms with E-state index in [1.165, 1.54) is 0 Å². The zero-order chi connectivity index (χ0) is 9.52. The summed E-state index contributed by atoms with van der Waals surface area (Å²) in [5.74, 6) is 0. The molecule has 2 nitrogen and oxygen atoms in total. The van der Waals surface area contributed by atoms with E-state index in [0.717, 1.165) is 12.2 Å². The average molecular weight is 172 g/mol. The Balaban J connectivity index is 2.62. The summed E-state index contributed by atoms with van der Waals surface area (Å²) in [6.07, 6.45) is 4.01. The van der Waals surface area contributed by atoms with Crippen LogP contribution in [0.3, 0.4) is 0 Å². The third-order valence-electron chi connectivity index (χ3n) is 1.65. The predicted molar refractivity (Wildman–Crippen MR) is 54.5 cm³/mol. The van der Waals surface area contributed by atoms with Crippen LogP contribution in [-0.2, 0) is 0 Å². The average Bonchev–Trinajstić information content (AvgIpc) is 2.19. The molecule has 0 aliphatic heterocycles. The van der Waals surface area contributed by atoms with Crippen molar-refractivity contribution < 1.29 is 0 Å². The lowest BCUT2D eigenvalue weighted by atomic mass is 10.2. The number of benzene rings is 1. The molecule has 2 heteroatoms. The van der Waals surface area contributed by atoms with Gasteiger partial charge in [-0.3, -0.25) is 0 Å². The van der Waals surface area contributed by atoms with Crippen molar-refractivity contribution >= 4 is 5.69 Å². The lowest BCUT2D eigenvalue weighted by Crippen LogP contribution is -1.97. The first kappa shape index (κ1) is 9.34. The molecular formula is C11H12N2. The Bertz CT molecular complexity index is 334. The highest BCUT2D eigenvalue weighted by Gasteiger charge is 1.91. The highest BCUT2D eigenvalue weighted by Crippen LogP contribution is 2.08. The smallest absolute Gasteiger partial charge is 0.0992 e. The lowest BCUT2D eigenvalue weighted by molar-refractivity contribution is 1.32. The van der Waals surface area contributed by atoms with Crippen LogP contribution in [0.25, 0.3) is 0 Å². The standard InChI is InChI=1S/C11H12N2/c1-2-3-7-13-11-6-4-5-10(8-11)9-12/h2-6,8,13H,7H2,1H3/b3-2+. The maximum absolute atomic E-state index is 8.64. The summed E-state index contributed by atoms with van der Waals surface area (Å²) in [6.45, 7) is 2.78. The normalized spacial score (nSPS) is 9.85. The molecule has 0 heterocycles. The molecule has 1 N–H and O–H groups in total. The van der Waals surface area contributed by atoms with Gasteiger partial charge in [-0.15, -0.1) is 0 Å². The van der Waals surface area contributed by atoms with Gasteiger partial charge < -0.3 is 5.32 Å². The minimum absolute atomic E-state index is 0.686. The molecule has 1 aromatic rings. The van der Waals surface area contributed by atoms with E-state index in [1.54, 1.807) is 6.07 Å². The third kappa shape index (κ3) is 3.00. The molecule has 0 aromatic heterocycles. The minimum atomic E-state index is 0.686. The molecule has 0 bridgehead atoms. The molecular weight excluding hydrogens is 160 g/mol. The molecule has 66 valence electrons. The summed E-state index contributed by atoms with van der Waals surface area (Å²) in [4.78, 5) is 0. The van der Waals surface area contributed by atoms with Gasteiger partial charge >= 0.3 is 0 Å². The fourth-order valence-corrected chi connectivity index (χ4v) is 0.993. The molecule has 0 radical (unpaired) electrons. The SMILES string of the molecule is C/C=C/CNc1cccc(C#N)c1. The van der Waals surface area contributed by atoms with E-state index in [1.807, 2.05) is 37.3 Å². The Hall–Kier alpha value is -1.75. The third-order valence-corrected chi connectivity index (χ3v) is 1.65. The van der Waals surface area contributed by atoms with Gasteiger partial charge in [-0.1, -0.05) is 18.2 Å². The Morgan fingerprint density at radius 2 is 2.38 bits per heavy atom. The molecule has 0 fully saturated rings. The van der Waals surface area contributed by atoms with Crippen molar-refractivity contribution in [2.45, 2.75) is 6.92 Å². The van der Waals surface area contributed by atoms with Crippen molar-refractivity contribution in [3.63, 3.8) is 0 Å². The first-order chi connectivity index (χ1) is 6.36. The predicted octanol–water partition coefficient (Wildman–Crippen LogP) is 2.55. The second-order valence-electron chi connectivity index (χ2n) is 2.64. The van der Waals surface area contributed by atoms with Crippen molar-refractivity contribution in [2.24, 2.45) is 0 Å². The lowest BCUT2D eigenvalue weighted by Gasteiger charge is -2.02. The van der Waals surface area contributed by atoms with Gasteiger partial charge in [0.25, 0.3) is 0 Å². The van der Waals surface area contributed by atoms with E-state index in [4.69, 9.17) is 5.26 Å². The number of allylic oxidation sites excluding steroid dienone is 1. The van der Waals surface area contributed by atoms with Gasteiger partial charge in [-0.05, 0) is 25.1 Å². The van der Waals surface area contributed by atoms with E-state index in [0.29, 0.717) is 5.56 Å². The molecule has 0 aliphatic carbocycles. The quantitative estimate of drug-likeness (QED) is 0.711. The fourth-order valence-electron chi connectivity index (χ4n) is 0.993.